The fourth-order valence-electron chi connectivity index (χ4n) is 4.24. The first kappa shape index (κ1) is 22.2. The summed E-state index contributed by atoms with van der Waals surface area (Å²) in [6.45, 7) is 8.06. The quantitative estimate of drug-likeness (QED) is 0.762. The summed E-state index contributed by atoms with van der Waals surface area (Å²) in [4.78, 5) is 28.9. The van der Waals surface area contributed by atoms with Gasteiger partial charge in [-0.2, -0.15) is 5.10 Å². The van der Waals surface area contributed by atoms with E-state index in [1.807, 2.05) is 67.0 Å². The molecule has 0 saturated carbocycles. The monoisotopic (exact) mass is 437 g/mol. The third kappa shape index (κ3) is 4.60. The number of carbonyl (C=O) groups is 2. The molecule has 2 aliphatic heterocycles. The lowest BCUT2D eigenvalue weighted by Crippen LogP contribution is -2.52. The highest BCUT2D eigenvalue weighted by atomic mass is 16.3. The number of rotatable bonds is 4. The van der Waals surface area contributed by atoms with Crippen LogP contribution in [0, 0.1) is 11.3 Å². The van der Waals surface area contributed by atoms with Gasteiger partial charge < -0.3 is 20.2 Å². The fraction of sp³-hybridized carbons (Fsp3) is 0.500. The minimum Gasteiger partial charge on any atom is -0.385 e. The Hall–Kier alpha value is -3.00. The lowest BCUT2D eigenvalue weighted by Gasteiger charge is -2.40. The molecule has 0 bridgehead atoms. The number of nitrogens with one attached hydrogen (secondary N) is 1. The van der Waals surface area contributed by atoms with Crippen LogP contribution in [0.25, 0.3) is 0 Å². The van der Waals surface area contributed by atoms with Crippen LogP contribution in [0.2, 0.25) is 0 Å². The molecular formula is C24H31N5O3. The molecule has 2 amide bonds. The Balaban J connectivity index is 1.30. The molecule has 4 rings (SSSR count). The second kappa shape index (κ2) is 8.50. The number of hydrogen-bond donors (Lipinski definition) is 2. The van der Waals surface area contributed by atoms with Gasteiger partial charge in [-0.1, -0.05) is 32.9 Å². The van der Waals surface area contributed by atoms with E-state index < -0.39 is 11.0 Å². The summed E-state index contributed by atoms with van der Waals surface area (Å²) >= 11 is 0. The van der Waals surface area contributed by atoms with Crippen molar-refractivity contribution in [2.24, 2.45) is 11.3 Å². The van der Waals surface area contributed by atoms with E-state index in [0.29, 0.717) is 44.7 Å². The highest BCUT2D eigenvalue weighted by Crippen LogP contribution is 2.35. The van der Waals surface area contributed by atoms with Gasteiger partial charge in [0.25, 0.3) is 0 Å². The van der Waals surface area contributed by atoms with E-state index in [0.717, 1.165) is 11.4 Å². The molecule has 1 aromatic carbocycles. The van der Waals surface area contributed by atoms with E-state index in [1.165, 1.54) is 0 Å². The second-order valence-corrected chi connectivity index (χ2v) is 9.82. The molecule has 0 atom stereocenters. The minimum atomic E-state index is -0.956. The number of hydrogen-bond acceptors (Lipinski definition) is 6. The predicted octanol–water partition coefficient (Wildman–Crippen LogP) is 2.41. The van der Waals surface area contributed by atoms with Gasteiger partial charge in [-0.05, 0) is 42.7 Å². The van der Waals surface area contributed by atoms with Gasteiger partial charge in [-0.3, -0.25) is 9.59 Å². The van der Waals surface area contributed by atoms with Gasteiger partial charge in [-0.15, -0.1) is 5.10 Å². The van der Waals surface area contributed by atoms with Crippen LogP contribution < -0.4 is 10.2 Å². The first-order valence-corrected chi connectivity index (χ1v) is 11.1. The normalized spacial score (nSPS) is 18.8. The van der Waals surface area contributed by atoms with E-state index in [-0.39, 0.29) is 17.7 Å². The summed E-state index contributed by atoms with van der Waals surface area (Å²) in [7, 11) is 0. The fourth-order valence-corrected chi connectivity index (χ4v) is 4.24. The van der Waals surface area contributed by atoms with E-state index >= 15 is 0 Å². The van der Waals surface area contributed by atoms with Crippen molar-refractivity contribution in [3.63, 3.8) is 0 Å². The molecule has 3 heterocycles. The lowest BCUT2D eigenvalue weighted by molar-refractivity contribution is -0.144. The lowest BCUT2D eigenvalue weighted by atomic mass is 9.83. The molecule has 170 valence electrons. The van der Waals surface area contributed by atoms with Crippen molar-refractivity contribution in [1.82, 2.24) is 15.1 Å². The van der Waals surface area contributed by atoms with Crippen molar-refractivity contribution >= 4 is 23.3 Å². The standard InChI is InChI=1S/C24H31N5O3/c1-23(2,3)22(31)28-13-10-24(32,11-14-28)18-6-8-19(9-7-18)26-21(30)17-15-29(16-17)20-5-4-12-25-27-20/h4-9,12,17,32H,10-11,13-16H2,1-3H3,(H,26,30). The van der Waals surface area contributed by atoms with Gasteiger partial charge in [0, 0.05) is 43.5 Å². The molecule has 2 aromatic rings. The second-order valence-electron chi connectivity index (χ2n) is 9.82. The van der Waals surface area contributed by atoms with E-state index in [2.05, 4.69) is 15.5 Å². The Bertz CT molecular complexity index is 957. The molecular weight excluding hydrogens is 406 g/mol. The van der Waals surface area contributed by atoms with Crippen LogP contribution in [-0.2, 0) is 15.2 Å². The molecule has 0 unspecified atom stereocenters. The van der Waals surface area contributed by atoms with Gasteiger partial charge >= 0.3 is 0 Å². The summed E-state index contributed by atoms with van der Waals surface area (Å²) in [6.07, 6.45) is 2.63. The van der Waals surface area contributed by atoms with Crippen molar-refractivity contribution < 1.29 is 14.7 Å². The highest BCUT2D eigenvalue weighted by molar-refractivity contribution is 5.94. The maximum Gasteiger partial charge on any atom is 0.231 e. The maximum absolute atomic E-state index is 12.5. The number of benzene rings is 1. The molecule has 0 radical (unpaired) electrons. The Kier molecular flexibility index (Phi) is 5.90. The highest BCUT2D eigenvalue weighted by Gasteiger charge is 2.38. The first-order chi connectivity index (χ1) is 15.2. The Morgan fingerprint density at radius 2 is 1.75 bits per heavy atom. The van der Waals surface area contributed by atoms with Crippen LogP contribution in [0.5, 0.6) is 0 Å². The average molecular weight is 438 g/mol. The molecule has 1 aromatic heterocycles. The summed E-state index contributed by atoms with van der Waals surface area (Å²) in [6, 6.07) is 11.1. The predicted molar refractivity (Wildman–Crippen MR) is 122 cm³/mol. The van der Waals surface area contributed by atoms with Crippen LogP contribution in [-0.4, -0.2) is 58.2 Å². The van der Waals surface area contributed by atoms with Crippen LogP contribution in [0.1, 0.15) is 39.2 Å². The number of nitrogens with zero attached hydrogens (tertiary/aromatic N) is 4. The number of carbonyl (C=O) groups excluding carboxylic acids is 2. The topological polar surface area (TPSA) is 98.7 Å². The zero-order valence-electron chi connectivity index (χ0n) is 18.9. The van der Waals surface area contributed by atoms with Gasteiger partial charge in [-0.25, -0.2) is 0 Å². The smallest absolute Gasteiger partial charge is 0.231 e. The number of likely N-dealkylation sites (tertiary alicyclic amines) is 1. The minimum absolute atomic E-state index is 0.0226. The SMILES string of the molecule is CC(C)(C)C(=O)N1CCC(O)(c2ccc(NC(=O)C3CN(c4cccnn4)C3)cc2)CC1. The van der Waals surface area contributed by atoms with Crippen molar-refractivity contribution in [3.8, 4) is 0 Å². The molecule has 2 saturated heterocycles. The molecule has 2 N–H and O–H groups in total. The van der Waals surface area contributed by atoms with E-state index in [4.69, 9.17) is 0 Å². The van der Waals surface area contributed by atoms with Crippen molar-refractivity contribution in [2.75, 3.05) is 36.4 Å². The van der Waals surface area contributed by atoms with Crippen LogP contribution in [0.4, 0.5) is 11.5 Å². The number of anilines is 2. The number of amides is 2. The van der Waals surface area contributed by atoms with Crippen molar-refractivity contribution in [3.05, 3.63) is 48.2 Å². The van der Waals surface area contributed by atoms with Crippen molar-refractivity contribution in [1.29, 1.82) is 0 Å². The number of aromatic nitrogens is 2. The zero-order chi connectivity index (χ0) is 22.9. The Morgan fingerprint density at radius 1 is 1.09 bits per heavy atom. The zero-order valence-corrected chi connectivity index (χ0v) is 18.9. The summed E-state index contributed by atoms with van der Waals surface area (Å²) in [5, 5.41) is 22.0. The molecule has 32 heavy (non-hydrogen) atoms. The third-order valence-electron chi connectivity index (χ3n) is 6.34. The Labute approximate surface area is 188 Å². The Morgan fingerprint density at radius 3 is 2.31 bits per heavy atom. The number of piperidine rings is 1. The molecule has 8 nitrogen and oxygen atoms in total. The first-order valence-electron chi connectivity index (χ1n) is 11.1. The maximum atomic E-state index is 12.5. The molecule has 2 fully saturated rings. The summed E-state index contributed by atoms with van der Waals surface area (Å²) in [5.41, 5.74) is 0.153. The van der Waals surface area contributed by atoms with Crippen LogP contribution >= 0.6 is 0 Å². The van der Waals surface area contributed by atoms with Gasteiger partial charge in [0.05, 0.1) is 11.5 Å². The average Bonchev–Trinajstić information content (AvgIpc) is 2.73. The third-order valence-corrected chi connectivity index (χ3v) is 6.34. The van der Waals surface area contributed by atoms with E-state index in [1.54, 1.807) is 6.20 Å². The molecule has 0 aliphatic carbocycles. The van der Waals surface area contributed by atoms with Crippen molar-refractivity contribution in [2.45, 2.75) is 39.2 Å². The molecule has 0 spiro atoms. The van der Waals surface area contributed by atoms with Gasteiger partial charge in [0.15, 0.2) is 5.82 Å². The molecule has 2 aliphatic rings. The van der Waals surface area contributed by atoms with Crippen LogP contribution in [0.15, 0.2) is 42.6 Å². The number of aliphatic hydroxyl groups is 1. The largest absolute Gasteiger partial charge is 0.385 e. The van der Waals surface area contributed by atoms with Gasteiger partial charge in [0.1, 0.15) is 0 Å². The summed E-state index contributed by atoms with van der Waals surface area (Å²) < 4.78 is 0. The summed E-state index contributed by atoms with van der Waals surface area (Å²) in [5.74, 6) is 0.784. The van der Waals surface area contributed by atoms with E-state index in [9.17, 15) is 14.7 Å². The van der Waals surface area contributed by atoms with Gasteiger partial charge in [0.2, 0.25) is 11.8 Å². The van der Waals surface area contributed by atoms with Crippen LogP contribution in [0.3, 0.4) is 0 Å². The molecule has 8 heteroatoms.